The predicted molar refractivity (Wildman–Crippen MR) is 123 cm³/mol. The van der Waals surface area contributed by atoms with Crippen molar-refractivity contribution in [2.75, 3.05) is 25.5 Å². The van der Waals surface area contributed by atoms with Crippen molar-refractivity contribution in [1.29, 1.82) is 0 Å². The second-order valence-corrected chi connectivity index (χ2v) is 7.82. The molecule has 0 saturated carbocycles. The highest BCUT2D eigenvalue weighted by Gasteiger charge is 2.54. The minimum atomic E-state index is -1.27. The first-order valence-corrected chi connectivity index (χ1v) is 10.1. The van der Waals surface area contributed by atoms with Gasteiger partial charge in [0.05, 0.1) is 11.9 Å². The maximum absolute atomic E-state index is 14.0. The third-order valence-electron chi connectivity index (χ3n) is 5.09. The van der Waals surface area contributed by atoms with Gasteiger partial charge in [0, 0.05) is 30.4 Å². The minimum Gasteiger partial charge on any atom is -0.620 e. The molecule has 1 aliphatic rings. The molecular formula is C24H23ClN4O. The van der Waals surface area contributed by atoms with E-state index in [4.69, 9.17) is 16.6 Å². The molecule has 1 heterocycles. The Kier molecular flexibility index (Phi) is 5.46. The van der Waals surface area contributed by atoms with Crippen LogP contribution in [0.4, 0.5) is 5.69 Å². The van der Waals surface area contributed by atoms with Crippen LogP contribution in [0.1, 0.15) is 11.1 Å². The fourth-order valence-electron chi connectivity index (χ4n) is 3.68. The Labute approximate surface area is 181 Å². The minimum absolute atomic E-state index is 0.412. The van der Waals surface area contributed by atoms with Gasteiger partial charge in [-0.05, 0) is 48.5 Å². The van der Waals surface area contributed by atoms with Gasteiger partial charge in [0.25, 0.3) is 0 Å². The summed E-state index contributed by atoms with van der Waals surface area (Å²) in [5.41, 5.74) is 3.19. The molecule has 0 fully saturated rings. The lowest BCUT2D eigenvalue weighted by atomic mass is 10.1. The quantitative estimate of drug-likeness (QED) is 0.264. The van der Waals surface area contributed by atoms with Gasteiger partial charge >= 0.3 is 5.79 Å². The van der Waals surface area contributed by atoms with Crippen molar-refractivity contribution >= 4 is 29.3 Å². The lowest BCUT2D eigenvalue weighted by Gasteiger charge is -2.33. The number of rotatable bonds is 5. The first kappa shape index (κ1) is 20.0. The van der Waals surface area contributed by atoms with Gasteiger partial charge in [-0.3, -0.25) is 4.90 Å². The van der Waals surface area contributed by atoms with Crippen LogP contribution in [-0.4, -0.2) is 42.3 Å². The van der Waals surface area contributed by atoms with Crippen LogP contribution in [0.25, 0.3) is 0 Å². The fraction of sp³-hybridized carbons (Fsp3) is 0.167. The molecule has 6 heteroatoms. The molecule has 1 unspecified atom stereocenters. The van der Waals surface area contributed by atoms with Crippen LogP contribution in [0.3, 0.4) is 0 Å². The Hall–Kier alpha value is -3.31. The van der Waals surface area contributed by atoms with Gasteiger partial charge in [-0.1, -0.05) is 48.0 Å². The number of benzene rings is 3. The summed E-state index contributed by atoms with van der Waals surface area (Å²) < 4.78 is 1.03. The van der Waals surface area contributed by atoms with Crippen molar-refractivity contribution in [3.63, 3.8) is 0 Å². The van der Waals surface area contributed by atoms with E-state index in [0.29, 0.717) is 17.3 Å². The standard InChI is InChI=1S/C24H23ClN4O/c1-27(2)18-26-24(20-11-7-4-8-12-20)28(22-15-13-21(25)14-16-22)17-23(29(24)30)19-9-5-3-6-10-19/h3-16,18H,17H2,1-2H3/b26-18-. The summed E-state index contributed by atoms with van der Waals surface area (Å²) >= 11 is 6.13. The average molecular weight is 419 g/mol. The number of hydrogen-bond donors (Lipinski definition) is 0. The Morgan fingerprint density at radius 3 is 2.17 bits per heavy atom. The Bertz CT molecular complexity index is 1070. The molecule has 5 nitrogen and oxygen atoms in total. The van der Waals surface area contributed by atoms with Crippen LogP contribution >= 0.6 is 11.6 Å². The first-order chi connectivity index (χ1) is 14.5. The maximum atomic E-state index is 14.0. The van der Waals surface area contributed by atoms with E-state index < -0.39 is 5.79 Å². The van der Waals surface area contributed by atoms with Crippen molar-refractivity contribution in [3.8, 4) is 0 Å². The third kappa shape index (κ3) is 3.53. The number of anilines is 1. The maximum Gasteiger partial charge on any atom is 0.378 e. The smallest absolute Gasteiger partial charge is 0.378 e. The molecule has 0 aliphatic carbocycles. The van der Waals surface area contributed by atoms with E-state index in [9.17, 15) is 5.21 Å². The van der Waals surface area contributed by atoms with Gasteiger partial charge < -0.3 is 10.1 Å². The number of nitrogens with zero attached hydrogens (tertiary/aromatic N) is 4. The highest BCUT2D eigenvalue weighted by Crippen LogP contribution is 2.40. The first-order valence-electron chi connectivity index (χ1n) is 9.71. The average Bonchev–Trinajstić information content (AvgIpc) is 3.07. The molecule has 152 valence electrons. The van der Waals surface area contributed by atoms with Crippen molar-refractivity contribution in [2.45, 2.75) is 5.79 Å². The monoisotopic (exact) mass is 418 g/mol. The van der Waals surface area contributed by atoms with Crippen LogP contribution in [-0.2, 0) is 5.79 Å². The SMILES string of the molecule is CN(C)/C=N\C1(c2ccccc2)N(c2ccc(Cl)cc2)CC(c2ccccc2)=[N+]1[O-]. The van der Waals surface area contributed by atoms with Gasteiger partial charge in [0.1, 0.15) is 6.54 Å². The molecule has 0 radical (unpaired) electrons. The zero-order valence-corrected chi connectivity index (χ0v) is 17.7. The number of halogens is 1. The van der Waals surface area contributed by atoms with Crippen molar-refractivity contribution in [2.24, 2.45) is 4.99 Å². The second kappa shape index (κ2) is 8.20. The molecule has 3 aromatic rings. The number of aliphatic imine (C=N–C) groups is 1. The molecule has 1 atom stereocenters. The fourth-order valence-corrected chi connectivity index (χ4v) is 3.81. The zero-order valence-electron chi connectivity index (χ0n) is 16.9. The molecule has 0 bridgehead atoms. The van der Waals surface area contributed by atoms with Gasteiger partial charge in [0.15, 0.2) is 0 Å². The van der Waals surface area contributed by atoms with E-state index in [1.54, 1.807) is 6.34 Å². The number of hydrogen-bond acceptors (Lipinski definition) is 3. The van der Waals surface area contributed by atoms with Crippen LogP contribution in [0, 0.1) is 5.21 Å². The summed E-state index contributed by atoms with van der Waals surface area (Å²) in [5, 5.41) is 14.6. The van der Waals surface area contributed by atoms with Crippen LogP contribution < -0.4 is 4.90 Å². The lowest BCUT2D eigenvalue weighted by Crippen LogP contribution is -2.47. The Morgan fingerprint density at radius 2 is 1.57 bits per heavy atom. The summed E-state index contributed by atoms with van der Waals surface area (Å²) in [6, 6.07) is 26.9. The molecule has 4 rings (SSSR count). The summed E-state index contributed by atoms with van der Waals surface area (Å²) in [6.07, 6.45) is 1.69. The summed E-state index contributed by atoms with van der Waals surface area (Å²) in [4.78, 5) is 8.70. The van der Waals surface area contributed by atoms with E-state index >= 15 is 0 Å². The van der Waals surface area contributed by atoms with E-state index in [2.05, 4.69) is 0 Å². The van der Waals surface area contributed by atoms with Crippen LogP contribution in [0.5, 0.6) is 0 Å². The lowest BCUT2D eigenvalue weighted by molar-refractivity contribution is -0.547. The van der Waals surface area contributed by atoms with Crippen LogP contribution in [0.2, 0.25) is 5.02 Å². The molecular weight excluding hydrogens is 396 g/mol. The molecule has 30 heavy (non-hydrogen) atoms. The van der Waals surface area contributed by atoms with Gasteiger partial charge in [-0.15, -0.1) is 0 Å². The van der Waals surface area contributed by atoms with Gasteiger partial charge in [0.2, 0.25) is 5.71 Å². The molecule has 3 aromatic carbocycles. The second-order valence-electron chi connectivity index (χ2n) is 7.38. The largest absolute Gasteiger partial charge is 0.620 e. The van der Waals surface area contributed by atoms with Crippen LogP contribution in [0.15, 0.2) is 89.9 Å². The number of hydroxylamine groups is 1. The Balaban J connectivity index is 1.98. The highest BCUT2D eigenvalue weighted by atomic mass is 35.5. The Morgan fingerprint density at radius 1 is 0.967 bits per heavy atom. The van der Waals surface area contributed by atoms with Gasteiger partial charge in [-0.25, -0.2) is 0 Å². The third-order valence-corrected chi connectivity index (χ3v) is 5.34. The summed E-state index contributed by atoms with van der Waals surface area (Å²) in [5.74, 6) is -1.27. The van der Waals surface area contributed by atoms with Crippen molar-refractivity contribution in [3.05, 3.63) is 106 Å². The van der Waals surface area contributed by atoms with E-state index in [0.717, 1.165) is 21.6 Å². The normalized spacial score (nSPS) is 19.0. The summed E-state index contributed by atoms with van der Waals surface area (Å²) in [7, 11) is 3.78. The van der Waals surface area contributed by atoms with Crippen molar-refractivity contribution < 1.29 is 4.74 Å². The highest BCUT2D eigenvalue weighted by molar-refractivity contribution is 6.30. The van der Waals surface area contributed by atoms with E-state index in [-0.39, 0.29) is 0 Å². The van der Waals surface area contributed by atoms with Crippen molar-refractivity contribution in [1.82, 2.24) is 4.90 Å². The van der Waals surface area contributed by atoms with E-state index in [1.807, 2.05) is 109 Å². The summed E-state index contributed by atoms with van der Waals surface area (Å²) in [6.45, 7) is 0.412. The molecule has 0 aromatic heterocycles. The topological polar surface area (TPSA) is 44.9 Å². The molecule has 0 saturated heterocycles. The van der Waals surface area contributed by atoms with E-state index in [1.165, 1.54) is 0 Å². The molecule has 0 N–H and O–H groups in total. The molecule has 0 spiro atoms. The zero-order chi connectivity index (χ0) is 21.1. The van der Waals surface area contributed by atoms with Gasteiger partial charge in [-0.2, -0.15) is 9.73 Å². The predicted octanol–water partition coefficient (Wildman–Crippen LogP) is 4.56. The molecule has 1 aliphatic heterocycles. The molecule has 0 amide bonds.